The molecular formula is C26H25F3N4O3. The van der Waals surface area contributed by atoms with Gasteiger partial charge < -0.3 is 19.9 Å². The summed E-state index contributed by atoms with van der Waals surface area (Å²) in [6, 6.07) is 17.6. The van der Waals surface area contributed by atoms with Gasteiger partial charge in [0.15, 0.2) is 0 Å². The molecule has 0 spiro atoms. The fraction of sp³-hybridized carbons (Fsp3) is 0.269. The van der Waals surface area contributed by atoms with E-state index in [1.165, 1.54) is 28.0 Å². The second-order valence-electron chi connectivity index (χ2n) is 8.26. The normalized spacial score (nSPS) is 13.9. The Morgan fingerprint density at radius 3 is 2.28 bits per heavy atom. The standard InChI is InChI=1S/C26H25F3N4O3/c27-26(28,29)22-9-5-4-8-21(22)24(34)32-12-14-33(15-13-32)25(35)31-17-20-10-11-30-23(16-20)36-18-19-6-2-1-3-7-19/h1-11,16H,12-15,17-18H2,(H,31,35). The molecule has 188 valence electrons. The molecule has 2 aromatic carbocycles. The van der Waals surface area contributed by atoms with E-state index in [2.05, 4.69) is 10.3 Å². The third-order valence-corrected chi connectivity index (χ3v) is 5.79. The average Bonchev–Trinajstić information content (AvgIpc) is 2.90. The monoisotopic (exact) mass is 498 g/mol. The molecule has 1 aromatic heterocycles. The fourth-order valence-electron chi connectivity index (χ4n) is 3.86. The van der Waals surface area contributed by atoms with Crippen LogP contribution in [-0.4, -0.2) is 52.9 Å². The zero-order valence-corrected chi connectivity index (χ0v) is 19.4. The van der Waals surface area contributed by atoms with E-state index in [0.717, 1.165) is 17.2 Å². The highest BCUT2D eigenvalue weighted by atomic mass is 19.4. The summed E-state index contributed by atoms with van der Waals surface area (Å²) in [5.41, 5.74) is 0.474. The van der Waals surface area contributed by atoms with Crippen molar-refractivity contribution in [3.63, 3.8) is 0 Å². The van der Waals surface area contributed by atoms with Gasteiger partial charge >= 0.3 is 12.2 Å². The van der Waals surface area contributed by atoms with Gasteiger partial charge in [-0.2, -0.15) is 13.2 Å². The average molecular weight is 499 g/mol. The van der Waals surface area contributed by atoms with Gasteiger partial charge in [0.25, 0.3) is 5.91 Å². The summed E-state index contributed by atoms with van der Waals surface area (Å²) < 4.78 is 45.5. The minimum Gasteiger partial charge on any atom is -0.473 e. The van der Waals surface area contributed by atoms with E-state index in [1.54, 1.807) is 18.3 Å². The Balaban J connectivity index is 1.27. The van der Waals surface area contributed by atoms with Crippen LogP contribution < -0.4 is 10.1 Å². The van der Waals surface area contributed by atoms with E-state index in [4.69, 9.17) is 4.74 Å². The van der Waals surface area contributed by atoms with Crippen molar-refractivity contribution in [1.82, 2.24) is 20.1 Å². The van der Waals surface area contributed by atoms with Crippen LogP contribution in [-0.2, 0) is 19.3 Å². The van der Waals surface area contributed by atoms with Crippen LogP contribution in [0.1, 0.15) is 27.0 Å². The number of ether oxygens (including phenoxy) is 1. The van der Waals surface area contributed by atoms with Gasteiger partial charge in [-0.3, -0.25) is 4.79 Å². The quantitative estimate of drug-likeness (QED) is 0.549. The predicted molar refractivity (Wildman–Crippen MR) is 126 cm³/mol. The molecule has 1 saturated heterocycles. The highest BCUT2D eigenvalue weighted by Gasteiger charge is 2.36. The number of halogens is 3. The Morgan fingerprint density at radius 1 is 0.889 bits per heavy atom. The number of piperazine rings is 1. The minimum absolute atomic E-state index is 0.144. The van der Waals surface area contributed by atoms with Crippen molar-refractivity contribution in [3.8, 4) is 5.88 Å². The molecule has 1 fully saturated rings. The Bertz CT molecular complexity index is 1200. The molecule has 1 N–H and O–H groups in total. The molecule has 4 rings (SSSR count). The zero-order chi connectivity index (χ0) is 25.5. The third kappa shape index (κ3) is 6.32. The summed E-state index contributed by atoms with van der Waals surface area (Å²) in [6.07, 6.45) is -3.02. The third-order valence-electron chi connectivity index (χ3n) is 5.79. The van der Waals surface area contributed by atoms with Crippen LogP contribution in [0, 0.1) is 0 Å². The van der Waals surface area contributed by atoms with Crippen LogP contribution in [0.5, 0.6) is 5.88 Å². The first kappa shape index (κ1) is 25.0. The highest BCUT2D eigenvalue weighted by Crippen LogP contribution is 2.32. The van der Waals surface area contributed by atoms with Gasteiger partial charge in [-0.05, 0) is 29.3 Å². The SMILES string of the molecule is O=C(NCc1ccnc(OCc2ccccc2)c1)N1CCN(C(=O)c2ccccc2C(F)(F)F)CC1. The number of benzene rings is 2. The van der Waals surface area contributed by atoms with Gasteiger partial charge in [0.2, 0.25) is 5.88 Å². The topological polar surface area (TPSA) is 74.8 Å². The van der Waals surface area contributed by atoms with E-state index in [1.807, 2.05) is 30.3 Å². The van der Waals surface area contributed by atoms with Gasteiger partial charge in [-0.15, -0.1) is 0 Å². The number of aromatic nitrogens is 1. The number of urea groups is 1. The lowest BCUT2D eigenvalue weighted by molar-refractivity contribution is -0.138. The van der Waals surface area contributed by atoms with E-state index >= 15 is 0 Å². The van der Waals surface area contributed by atoms with Crippen molar-refractivity contribution >= 4 is 11.9 Å². The van der Waals surface area contributed by atoms with E-state index < -0.39 is 17.6 Å². The smallest absolute Gasteiger partial charge is 0.417 e. The van der Waals surface area contributed by atoms with Crippen molar-refractivity contribution in [2.45, 2.75) is 19.3 Å². The molecule has 0 aliphatic carbocycles. The number of pyridine rings is 1. The van der Waals surface area contributed by atoms with Gasteiger partial charge in [-0.1, -0.05) is 42.5 Å². The van der Waals surface area contributed by atoms with Crippen molar-refractivity contribution in [2.24, 2.45) is 0 Å². The lowest BCUT2D eigenvalue weighted by Gasteiger charge is -2.35. The number of carbonyl (C=O) groups excluding carboxylic acids is 2. The van der Waals surface area contributed by atoms with E-state index in [9.17, 15) is 22.8 Å². The van der Waals surface area contributed by atoms with E-state index in [-0.39, 0.29) is 44.3 Å². The Kier molecular flexibility index (Phi) is 7.72. The number of rotatable bonds is 6. The molecule has 36 heavy (non-hydrogen) atoms. The molecule has 0 bridgehead atoms. The summed E-state index contributed by atoms with van der Waals surface area (Å²) in [4.78, 5) is 32.4. The second kappa shape index (κ2) is 11.1. The predicted octanol–water partition coefficient (Wildman–Crippen LogP) is 4.35. The Hall–Kier alpha value is -4.08. The molecule has 2 heterocycles. The van der Waals surface area contributed by atoms with Gasteiger partial charge in [0, 0.05) is 45.0 Å². The molecular weight excluding hydrogens is 473 g/mol. The zero-order valence-electron chi connectivity index (χ0n) is 19.4. The van der Waals surface area contributed by atoms with Gasteiger partial charge in [-0.25, -0.2) is 9.78 Å². The van der Waals surface area contributed by atoms with E-state index in [0.29, 0.717) is 12.5 Å². The summed E-state index contributed by atoms with van der Waals surface area (Å²) in [5, 5.41) is 2.83. The lowest BCUT2D eigenvalue weighted by atomic mass is 10.1. The number of hydrogen-bond donors (Lipinski definition) is 1. The highest BCUT2D eigenvalue weighted by molar-refractivity contribution is 5.96. The fourth-order valence-corrected chi connectivity index (χ4v) is 3.86. The van der Waals surface area contributed by atoms with Crippen LogP contribution in [0.2, 0.25) is 0 Å². The van der Waals surface area contributed by atoms with Gasteiger partial charge in [0.05, 0.1) is 11.1 Å². The molecule has 10 heteroatoms. The van der Waals surface area contributed by atoms with Crippen molar-refractivity contribution in [3.05, 3.63) is 95.2 Å². The minimum atomic E-state index is -4.62. The summed E-state index contributed by atoms with van der Waals surface area (Å²) in [7, 11) is 0. The van der Waals surface area contributed by atoms with Crippen molar-refractivity contribution in [1.29, 1.82) is 0 Å². The second-order valence-corrected chi connectivity index (χ2v) is 8.26. The first-order chi connectivity index (χ1) is 17.3. The first-order valence-electron chi connectivity index (χ1n) is 11.4. The maximum Gasteiger partial charge on any atom is 0.417 e. The van der Waals surface area contributed by atoms with Crippen LogP contribution in [0.3, 0.4) is 0 Å². The molecule has 0 atom stereocenters. The number of alkyl halides is 3. The van der Waals surface area contributed by atoms with Crippen LogP contribution >= 0.6 is 0 Å². The summed E-state index contributed by atoms with van der Waals surface area (Å²) in [5.74, 6) is -0.250. The van der Waals surface area contributed by atoms with Crippen LogP contribution in [0.15, 0.2) is 72.9 Å². The maximum atomic E-state index is 13.3. The number of carbonyl (C=O) groups is 2. The van der Waals surface area contributed by atoms with Crippen molar-refractivity contribution < 1.29 is 27.5 Å². The molecule has 1 aliphatic rings. The summed E-state index contributed by atoms with van der Waals surface area (Å²) >= 11 is 0. The lowest BCUT2D eigenvalue weighted by Crippen LogP contribution is -2.53. The molecule has 1 aliphatic heterocycles. The molecule has 0 saturated carbocycles. The largest absolute Gasteiger partial charge is 0.473 e. The molecule has 0 unspecified atom stereocenters. The van der Waals surface area contributed by atoms with Crippen LogP contribution in [0.4, 0.5) is 18.0 Å². The molecule has 0 radical (unpaired) electrons. The van der Waals surface area contributed by atoms with Crippen molar-refractivity contribution in [2.75, 3.05) is 26.2 Å². The molecule has 3 amide bonds. The van der Waals surface area contributed by atoms with Crippen LogP contribution in [0.25, 0.3) is 0 Å². The number of hydrogen-bond acceptors (Lipinski definition) is 4. The number of nitrogens with zero attached hydrogens (tertiary/aromatic N) is 3. The first-order valence-corrected chi connectivity index (χ1v) is 11.4. The molecule has 7 nitrogen and oxygen atoms in total. The summed E-state index contributed by atoms with van der Waals surface area (Å²) in [6.45, 7) is 1.35. The Morgan fingerprint density at radius 2 is 1.56 bits per heavy atom. The number of nitrogens with one attached hydrogen (secondary N) is 1. The van der Waals surface area contributed by atoms with Gasteiger partial charge in [0.1, 0.15) is 6.61 Å². The number of amides is 3. The molecule has 3 aromatic rings. The Labute approximate surface area is 206 Å². The maximum absolute atomic E-state index is 13.3.